The van der Waals surface area contributed by atoms with Crippen molar-refractivity contribution in [3.8, 4) is 11.5 Å². The standard InChI is InChI=1S/C29H33Cl2N3O6S/c1-5-32-29(36)26(15-20-9-7-6-8-10-20)33(18-21-11-12-22(30)16-24(21)31)28(35)19-34(41(4,37)38)25-17-23(39-2)13-14-27(25)40-3/h6-14,16-17,26H,5,15,18-19H2,1-4H3,(H,32,36). The van der Waals surface area contributed by atoms with Gasteiger partial charge in [0.05, 0.1) is 26.2 Å². The number of sulfonamides is 1. The summed E-state index contributed by atoms with van der Waals surface area (Å²) in [6.07, 6.45) is 1.18. The number of methoxy groups -OCH3 is 2. The number of ether oxygens (including phenoxy) is 2. The first-order valence-corrected chi connectivity index (χ1v) is 15.3. The Balaban J connectivity index is 2.12. The predicted octanol–water partition coefficient (Wildman–Crippen LogP) is 4.55. The molecule has 0 saturated heterocycles. The van der Waals surface area contributed by atoms with Crippen LogP contribution in [0.3, 0.4) is 0 Å². The number of anilines is 1. The number of likely N-dealkylation sites (N-methyl/N-ethyl adjacent to an activating group) is 1. The average molecular weight is 623 g/mol. The summed E-state index contributed by atoms with van der Waals surface area (Å²) in [6.45, 7) is 1.43. The molecule has 0 radical (unpaired) electrons. The molecule has 0 aliphatic rings. The summed E-state index contributed by atoms with van der Waals surface area (Å²) in [5.74, 6) is -0.421. The second kappa shape index (κ2) is 14.4. The highest BCUT2D eigenvalue weighted by atomic mass is 35.5. The molecule has 3 aromatic rings. The SMILES string of the molecule is CCNC(=O)C(Cc1ccccc1)N(Cc1ccc(Cl)cc1Cl)C(=O)CN(c1cc(OC)ccc1OC)S(C)(=O)=O. The van der Waals surface area contributed by atoms with Crippen LogP contribution in [0.25, 0.3) is 0 Å². The minimum Gasteiger partial charge on any atom is -0.497 e. The molecule has 0 fully saturated rings. The van der Waals surface area contributed by atoms with Crippen molar-refractivity contribution >= 4 is 50.7 Å². The van der Waals surface area contributed by atoms with Gasteiger partial charge >= 0.3 is 0 Å². The Morgan fingerprint density at radius 1 is 0.976 bits per heavy atom. The monoisotopic (exact) mass is 621 g/mol. The van der Waals surface area contributed by atoms with E-state index in [4.69, 9.17) is 32.7 Å². The van der Waals surface area contributed by atoms with Gasteiger partial charge in [0, 0.05) is 35.6 Å². The van der Waals surface area contributed by atoms with E-state index in [1.165, 1.54) is 25.2 Å². The van der Waals surface area contributed by atoms with E-state index in [1.807, 2.05) is 30.3 Å². The largest absolute Gasteiger partial charge is 0.497 e. The van der Waals surface area contributed by atoms with Crippen LogP contribution in [0.5, 0.6) is 11.5 Å². The minimum atomic E-state index is -4.00. The molecule has 0 bridgehead atoms. The summed E-state index contributed by atoms with van der Waals surface area (Å²) in [5, 5.41) is 3.52. The smallest absolute Gasteiger partial charge is 0.244 e. The molecule has 0 aromatic heterocycles. The van der Waals surface area contributed by atoms with Crippen LogP contribution in [-0.4, -0.2) is 64.7 Å². The van der Waals surface area contributed by atoms with Crippen LogP contribution in [0.2, 0.25) is 10.0 Å². The van der Waals surface area contributed by atoms with Gasteiger partial charge in [-0.25, -0.2) is 8.42 Å². The fourth-order valence-corrected chi connectivity index (χ4v) is 5.58. The molecule has 3 rings (SSSR count). The second-order valence-electron chi connectivity index (χ2n) is 9.16. The molecule has 2 amide bonds. The number of nitrogens with one attached hydrogen (secondary N) is 1. The van der Waals surface area contributed by atoms with Crippen molar-refractivity contribution in [3.63, 3.8) is 0 Å². The summed E-state index contributed by atoms with van der Waals surface area (Å²) in [5.41, 5.74) is 1.47. The van der Waals surface area contributed by atoms with E-state index in [-0.39, 0.29) is 30.3 Å². The van der Waals surface area contributed by atoms with Crippen LogP contribution in [0.4, 0.5) is 5.69 Å². The molecule has 0 aliphatic carbocycles. The molecule has 220 valence electrons. The highest BCUT2D eigenvalue weighted by Gasteiger charge is 2.34. The lowest BCUT2D eigenvalue weighted by atomic mass is 10.0. The Hall–Kier alpha value is -3.47. The van der Waals surface area contributed by atoms with Gasteiger partial charge in [-0.1, -0.05) is 59.6 Å². The van der Waals surface area contributed by atoms with Crippen LogP contribution < -0.4 is 19.1 Å². The summed E-state index contributed by atoms with van der Waals surface area (Å²) in [4.78, 5) is 28.9. The zero-order valence-electron chi connectivity index (χ0n) is 23.3. The van der Waals surface area contributed by atoms with Gasteiger partial charge < -0.3 is 19.7 Å². The van der Waals surface area contributed by atoms with Crippen LogP contribution >= 0.6 is 23.2 Å². The van der Waals surface area contributed by atoms with E-state index in [2.05, 4.69) is 5.32 Å². The molecule has 0 aliphatic heterocycles. The van der Waals surface area contributed by atoms with Gasteiger partial charge in [0.15, 0.2) is 0 Å². The van der Waals surface area contributed by atoms with Gasteiger partial charge in [-0.3, -0.25) is 13.9 Å². The molecule has 0 spiro atoms. The van der Waals surface area contributed by atoms with Crippen LogP contribution in [-0.2, 0) is 32.6 Å². The summed E-state index contributed by atoms with van der Waals surface area (Å²) in [6, 6.07) is 17.7. The fraction of sp³-hybridized carbons (Fsp3) is 0.310. The third kappa shape index (κ3) is 8.51. The number of carbonyl (C=O) groups is 2. The Morgan fingerprint density at radius 3 is 2.27 bits per heavy atom. The Morgan fingerprint density at radius 2 is 1.68 bits per heavy atom. The van der Waals surface area contributed by atoms with E-state index in [0.29, 0.717) is 27.9 Å². The van der Waals surface area contributed by atoms with Crippen molar-refractivity contribution in [2.24, 2.45) is 0 Å². The first kappa shape index (κ1) is 32.0. The number of hydrogen-bond donors (Lipinski definition) is 1. The van der Waals surface area contributed by atoms with Gasteiger partial charge in [-0.15, -0.1) is 0 Å². The number of amides is 2. The first-order chi connectivity index (χ1) is 19.5. The fourth-order valence-electron chi connectivity index (χ4n) is 4.27. The normalized spacial score (nSPS) is 11.9. The highest BCUT2D eigenvalue weighted by Crippen LogP contribution is 2.34. The van der Waals surface area contributed by atoms with E-state index >= 15 is 0 Å². The first-order valence-electron chi connectivity index (χ1n) is 12.7. The number of benzene rings is 3. The lowest BCUT2D eigenvalue weighted by Crippen LogP contribution is -2.53. The number of hydrogen-bond acceptors (Lipinski definition) is 6. The Labute approximate surface area is 251 Å². The summed E-state index contributed by atoms with van der Waals surface area (Å²) < 4.78 is 37.7. The number of nitrogens with zero attached hydrogens (tertiary/aromatic N) is 2. The molecule has 1 unspecified atom stereocenters. The van der Waals surface area contributed by atoms with Gasteiger partial charge in [-0.2, -0.15) is 0 Å². The van der Waals surface area contributed by atoms with Crippen LogP contribution in [0, 0.1) is 0 Å². The second-order valence-corrected chi connectivity index (χ2v) is 11.9. The maximum Gasteiger partial charge on any atom is 0.244 e. The molecular weight excluding hydrogens is 589 g/mol. The number of carbonyl (C=O) groups excluding carboxylic acids is 2. The summed E-state index contributed by atoms with van der Waals surface area (Å²) in [7, 11) is -1.16. The molecule has 0 saturated carbocycles. The molecule has 3 aromatic carbocycles. The topological polar surface area (TPSA) is 105 Å². The molecule has 41 heavy (non-hydrogen) atoms. The third-order valence-electron chi connectivity index (χ3n) is 6.31. The number of halogens is 2. The Bertz CT molecular complexity index is 1470. The van der Waals surface area contributed by atoms with E-state index in [1.54, 1.807) is 37.3 Å². The van der Waals surface area contributed by atoms with E-state index in [9.17, 15) is 18.0 Å². The van der Waals surface area contributed by atoms with Crippen molar-refractivity contribution in [2.75, 3.05) is 37.9 Å². The van der Waals surface area contributed by atoms with E-state index in [0.717, 1.165) is 16.1 Å². The third-order valence-corrected chi connectivity index (χ3v) is 8.03. The van der Waals surface area contributed by atoms with E-state index < -0.39 is 28.5 Å². The highest BCUT2D eigenvalue weighted by molar-refractivity contribution is 7.92. The molecular formula is C29H33Cl2N3O6S. The Kier molecular flexibility index (Phi) is 11.3. The quantitative estimate of drug-likeness (QED) is 0.300. The van der Waals surface area contributed by atoms with Gasteiger partial charge in [0.25, 0.3) is 0 Å². The molecule has 0 heterocycles. The molecule has 9 nitrogen and oxygen atoms in total. The minimum absolute atomic E-state index is 0.0731. The predicted molar refractivity (Wildman–Crippen MR) is 161 cm³/mol. The van der Waals surface area contributed by atoms with Gasteiger partial charge in [-0.05, 0) is 42.3 Å². The zero-order valence-corrected chi connectivity index (χ0v) is 25.6. The van der Waals surface area contributed by atoms with Crippen molar-refractivity contribution < 1.29 is 27.5 Å². The lowest BCUT2D eigenvalue weighted by Gasteiger charge is -2.34. The maximum absolute atomic E-state index is 14.1. The van der Waals surface area contributed by atoms with Crippen molar-refractivity contribution in [1.29, 1.82) is 0 Å². The maximum atomic E-state index is 14.1. The lowest BCUT2D eigenvalue weighted by molar-refractivity contribution is -0.140. The molecule has 1 N–H and O–H groups in total. The summed E-state index contributed by atoms with van der Waals surface area (Å²) >= 11 is 12.6. The van der Waals surface area contributed by atoms with Gasteiger partial charge in [0.2, 0.25) is 21.8 Å². The van der Waals surface area contributed by atoms with Gasteiger partial charge in [0.1, 0.15) is 24.1 Å². The molecule has 1 atom stereocenters. The number of rotatable bonds is 13. The van der Waals surface area contributed by atoms with Crippen molar-refractivity contribution in [2.45, 2.75) is 25.9 Å². The average Bonchev–Trinajstić information content (AvgIpc) is 2.94. The van der Waals surface area contributed by atoms with Crippen molar-refractivity contribution in [3.05, 3.63) is 87.9 Å². The van der Waals surface area contributed by atoms with Crippen molar-refractivity contribution in [1.82, 2.24) is 10.2 Å². The zero-order chi connectivity index (χ0) is 30.2. The van der Waals surface area contributed by atoms with Crippen LogP contribution in [0.15, 0.2) is 66.7 Å². The van der Waals surface area contributed by atoms with Crippen LogP contribution in [0.1, 0.15) is 18.1 Å². The molecule has 12 heteroatoms.